The van der Waals surface area contributed by atoms with Gasteiger partial charge in [0.15, 0.2) is 5.82 Å². The van der Waals surface area contributed by atoms with Crippen molar-refractivity contribution >= 4 is 5.69 Å². The van der Waals surface area contributed by atoms with E-state index >= 15 is 0 Å². The van der Waals surface area contributed by atoms with Crippen LogP contribution in [0.15, 0.2) is 36.4 Å². The second-order valence-electron chi connectivity index (χ2n) is 4.12. The van der Waals surface area contributed by atoms with E-state index in [0.717, 1.165) is 30.3 Å². The zero-order valence-electron chi connectivity index (χ0n) is 10.1. The van der Waals surface area contributed by atoms with Gasteiger partial charge < -0.3 is 0 Å². The number of hydrogen-bond acceptors (Lipinski definition) is 2. The van der Waals surface area contributed by atoms with E-state index in [1.54, 1.807) is 0 Å². The SMILES string of the molecule is O=[N+]([O-])c1cc(-c2ccc(C(F)(F)F)cc2)cc(F)c1F. The van der Waals surface area contributed by atoms with Gasteiger partial charge in [0, 0.05) is 6.07 Å². The van der Waals surface area contributed by atoms with Crippen molar-refractivity contribution < 1.29 is 26.9 Å². The van der Waals surface area contributed by atoms with Gasteiger partial charge in [0.2, 0.25) is 5.82 Å². The van der Waals surface area contributed by atoms with Crippen molar-refractivity contribution in [1.82, 2.24) is 0 Å². The lowest BCUT2D eigenvalue weighted by molar-refractivity contribution is -0.387. The highest BCUT2D eigenvalue weighted by atomic mass is 19.4. The molecule has 0 N–H and O–H groups in total. The summed E-state index contributed by atoms with van der Waals surface area (Å²) >= 11 is 0. The summed E-state index contributed by atoms with van der Waals surface area (Å²) in [5, 5.41) is 10.6. The summed E-state index contributed by atoms with van der Waals surface area (Å²) in [5.41, 5.74) is -1.98. The van der Waals surface area contributed by atoms with Crippen LogP contribution in [0.1, 0.15) is 5.56 Å². The van der Waals surface area contributed by atoms with E-state index in [0.29, 0.717) is 6.07 Å². The highest BCUT2D eigenvalue weighted by Crippen LogP contribution is 2.32. The van der Waals surface area contributed by atoms with Crippen LogP contribution in [0.25, 0.3) is 11.1 Å². The molecule has 0 aliphatic heterocycles. The van der Waals surface area contributed by atoms with Crippen LogP contribution in [0.2, 0.25) is 0 Å². The van der Waals surface area contributed by atoms with E-state index in [4.69, 9.17) is 0 Å². The Bertz CT molecular complexity index is 695. The van der Waals surface area contributed by atoms with Crippen LogP contribution in [0.4, 0.5) is 27.6 Å². The zero-order chi connectivity index (χ0) is 15.8. The quantitative estimate of drug-likeness (QED) is 0.464. The maximum atomic E-state index is 13.3. The van der Waals surface area contributed by atoms with Gasteiger partial charge in [-0.05, 0) is 29.3 Å². The number of nitro groups is 1. The first-order valence-corrected chi connectivity index (χ1v) is 5.51. The molecule has 3 nitrogen and oxygen atoms in total. The van der Waals surface area contributed by atoms with E-state index in [1.807, 2.05) is 0 Å². The van der Waals surface area contributed by atoms with Crippen LogP contribution < -0.4 is 0 Å². The maximum absolute atomic E-state index is 13.3. The molecule has 0 aromatic heterocycles. The van der Waals surface area contributed by atoms with Crippen LogP contribution in [0.5, 0.6) is 0 Å². The Morgan fingerprint density at radius 1 is 0.952 bits per heavy atom. The molecule has 0 heterocycles. The Hall–Kier alpha value is -2.51. The van der Waals surface area contributed by atoms with Crippen molar-refractivity contribution in [3.8, 4) is 11.1 Å². The molecule has 0 spiro atoms. The maximum Gasteiger partial charge on any atom is 0.416 e. The van der Waals surface area contributed by atoms with Gasteiger partial charge in [-0.15, -0.1) is 0 Å². The first-order valence-electron chi connectivity index (χ1n) is 5.51. The molecule has 0 saturated carbocycles. The highest BCUT2D eigenvalue weighted by Gasteiger charge is 2.30. The van der Waals surface area contributed by atoms with Gasteiger partial charge in [0.25, 0.3) is 0 Å². The summed E-state index contributed by atoms with van der Waals surface area (Å²) in [7, 11) is 0. The lowest BCUT2D eigenvalue weighted by Gasteiger charge is -2.08. The van der Waals surface area contributed by atoms with E-state index in [2.05, 4.69) is 0 Å². The molecule has 0 radical (unpaired) electrons. The van der Waals surface area contributed by atoms with Crippen LogP contribution in [-0.4, -0.2) is 4.92 Å². The van der Waals surface area contributed by atoms with Gasteiger partial charge in [0.05, 0.1) is 10.5 Å². The standard InChI is InChI=1S/C13H6F5NO2/c14-10-5-8(6-11(12(10)15)19(20)21)7-1-3-9(4-2-7)13(16,17)18/h1-6H. The molecular formula is C13H6F5NO2. The molecule has 21 heavy (non-hydrogen) atoms. The molecule has 8 heteroatoms. The fraction of sp³-hybridized carbons (Fsp3) is 0.0769. The van der Waals surface area contributed by atoms with E-state index < -0.39 is 34.0 Å². The van der Waals surface area contributed by atoms with Crippen molar-refractivity contribution in [3.63, 3.8) is 0 Å². The number of halogens is 5. The first-order chi connectivity index (χ1) is 9.70. The van der Waals surface area contributed by atoms with Crippen molar-refractivity contribution in [2.24, 2.45) is 0 Å². The third-order valence-electron chi connectivity index (χ3n) is 2.75. The molecule has 0 aliphatic carbocycles. The largest absolute Gasteiger partial charge is 0.416 e. The van der Waals surface area contributed by atoms with Gasteiger partial charge in [-0.25, -0.2) is 4.39 Å². The van der Waals surface area contributed by atoms with E-state index in [9.17, 15) is 32.1 Å². The van der Waals surface area contributed by atoms with Gasteiger partial charge in [-0.1, -0.05) is 12.1 Å². The molecule has 2 aromatic rings. The summed E-state index contributed by atoms with van der Waals surface area (Å²) in [4.78, 5) is 9.49. The van der Waals surface area contributed by atoms with Crippen molar-refractivity contribution in [3.05, 3.63) is 63.7 Å². The molecule has 0 atom stereocenters. The summed E-state index contributed by atoms with van der Waals surface area (Å²) in [6.07, 6.45) is -4.53. The fourth-order valence-corrected chi connectivity index (χ4v) is 1.73. The second-order valence-corrected chi connectivity index (χ2v) is 4.12. The van der Waals surface area contributed by atoms with Gasteiger partial charge in [0.1, 0.15) is 0 Å². The zero-order valence-corrected chi connectivity index (χ0v) is 10.1. The van der Waals surface area contributed by atoms with Gasteiger partial charge >= 0.3 is 11.9 Å². The lowest BCUT2D eigenvalue weighted by Crippen LogP contribution is -2.04. The highest BCUT2D eigenvalue weighted by molar-refractivity contribution is 5.66. The number of alkyl halides is 3. The predicted octanol–water partition coefficient (Wildman–Crippen LogP) is 4.56. The monoisotopic (exact) mass is 303 g/mol. The van der Waals surface area contributed by atoms with Crippen molar-refractivity contribution in [2.45, 2.75) is 6.18 Å². The van der Waals surface area contributed by atoms with Crippen LogP contribution in [0.3, 0.4) is 0 Å². The minimum Gasteiger partial charge on any atom is -0.258 e. The number of benzene rings is 2. The van der Waals surface area contributed by atoms with Crippen LogP contribution in [-0.2, 0) is 6.18 Å². The Morgan fingerprint density at radius 2 is 1.52 bits per heavy atom. The second kappa shape index (κ2) is 5.12. The topological polar surface area (TPSA) is 43.1 Å². The minimum absolute atomic E-state index is 0.0886. The Morgan fingerprint density at radius 3 is 2.00 bits per heavy atom. The number of nitrogens with zero attached hydrogens (tertiary/aromatic N) is 1. The van der Waals surface area contributed by atoms with Gasteiger partial charge in [-0.3, -0.25) is 10.1 Å². The fourth-order valence-electron chi connectivity index (χ4n) is 1.73. The average molecular weight is 303 g/mol. The van der Waals surface area contributed by atoms with Crippen molar-refractivity contribution in [2.75, 3.05) is 0 Å². The smallest absolute Gasteiger partial charge is 0.258 e. The molecule has 2 rings (SSSR count). The van der Waals surface area contributed by atoms with E-state index in [1.165, 1.54) is 0 Å². The van der Waals surface area contributed by atoms with Crippen LogP contribution in [0, 0.1) is 21.7 Å². The number of rotatable bonds is 2. The first kappa shape index (κ1) is 14.9. The molecule has 0 aliphatic rings. The molecular weight excluding hydrogens is 297 g/mol. The molecule has 0 unspecified atom stereocenters. The average Bonchev–Trinajstić information content (AvgIpc) is 2.40. The Kier molecular flexibility index (Phi) is 3.63. The third-order valence-corrected chi connectivity index (χ3v) is 2.75. The third kappa shape index (κ3) is 2.99. The number of nitro benzene ring substituents is 1. The number of hydrogen-bond donors (Lipinski definition) is 0. The van der Waals surface area contributed by atoms with Gasteiger partial charge in [-0.2, -0.15) is 17.6 Å². The van der Waals surface area contributed by atoms with E-state index in [-0.39, 0.29) is 11.1 Å². The molecule has 0 amide bonds. The Balaban J connectivity index is 2.50. The summed E-state index contributed by atoms with van der Waals surface area (Å²) in [6, 6.07) is 5.01. The normalized spacial score (nSPS) is 11.5. The summed E-state index contributed by atoms with van der Waals surface area (Å²) < 4.78 is 63.7. The van der Waals surface area contributed by atoms with Crippen LogP contribution >= 0.6 is 0 Å². The molecule has 0 saturated heterocycles. The summed E-state index contributed by atoms with van der Waals surface area (Å²) in [6.45, 7) is 0. The molecule has 0 fully saturated rings. The summed E-state index contributed by atoms with van der Waals surface area (Å²) in [5.74, 6) is -3.06. The van der Waals surface area contributed by atoms with Crippen molar-refractivity contribution in [1.29, 1.82) is 0 Å². The minimum atomic E-state index is -4.53. The lowest BCUT2D eigenvalue weighted by atomic mass is 10.0. The predicted molar refractivity (Wildman–Crippen MR) is 63.5 cm³/mol. The molecule has 110 valence electrons. The Labute approximate surface area is 114 Å². The molecule has 2 aromatic carbocycles. The molecule has 0 bridgehead atoms.